The molecular formula is C12H18Br2O3. The number of rotatable bonds is 1. The second-order valence-electron chi connectivity index (χ2n) is 5.49. The van der Waals surface area contributed by atoms with Crippen LogP contribution in [0.4, 0.5) is 0 Å². The lowest BCUT2D eigenvalue weighted by Gasteiger charge is -2.51. The van der Waals surface area contributed by atoms with Crippen LogP contribution in [-0.2, 0) is 4.79 Å². The van der Waals surface area contributed by atoms with Gasteiger partial charge < -0.3 is 10.2 Å². The van der Waals surface area contributed by atoms with Gasteiger partial charge in [-0.2, -0.15) is 0 Å². The molecule has 0 spiro atoms. The summed E-state index contributed by atoms with van der Waals surface area (Å²) in [5.74, 6) is -1.05. The highest BCUT2D eigenvalue weighted by Crippen LogP contribution is 2.57. The molecule has 0 amide bonds. The number of fused-ring (bicyclic) bond motifs is 1. The van der Waals surface area contributed by atoms with Crippen LogP contribution in [0.25, 0.3) is 0 Å². The van der Waals surface area contributed by atoms with Crippen LogP contribution < -0.4 is 0 Å². The van der Waals surface area contributed by atoms with E-state index in [9.17, 15) is 15.0 Å². The molecule has 2 aliphatic rings. The maximum Gasteiger partial charge on any atom is 0.307 e. The average molecular weight is 370 g/mol. The molecule has 5 atom stereocenters. The third-order valence-corrected chi connectivity index (χ3v) is 6.20. The van der Waals surface area contributed by atoms with Gasteiger partial charge in [0, 0.05) is 5.92 Å². The Morgan fingerprint density at radius 3 is 2.59 bits per heavy atom. The topological polar surface area (TPSA) is 57.5 Å². The highest BCUT2D eigenvalue weighted by atomic mass is 79.9. The zero-order valence-corrected chi connectivity index (χ0v) is 12.9. The molecule has 0 bridgehead atoms. The number of alkyl halides is 2. The maximum absolute atomic E-state index is 11.4. The first-order valence-corrected chi connectivity index (χ1v) is 7.72. The number of aliphatic hydroxyl groups is 1. The molecule has 3 nitrogen and oxygen atoms in total. The molecule has 0 radical (unpaired) electrons. The van der Waals surface area contributed by atoms with Crippen molar-refractivity contribution < 1.29 is 15.0 Å². The average Bonchev–Trinajstić information content (AvgIpc) is 2.17. The van der Waals surface area contributed by atoms with Crippen LogP contribution in [0.3, 0.4) is 0 Å². The fraction of sp³-hybridized carbons (Fsp3) is 0.917. The van der Waals surface area contributed by atoms with Crippen molar-refractivity contribution in [2.24, 2.45) is 23.7 Å². The molecule has 0 aromatic rings. The fourth-order valence-electron chi connectivity index (χ4n) is 3.68. The molecule has 2 N–H and O–H groups in total. The van der Waals surface area contributed by atoms with Gasteiger partial charge in [-0.05, 0) is 31.1 Å². The largest absolute Gasteiger partial charge is 0.481 e. The smallest absolute Gasteiger partial charge is 0.307 e. The lowest BCUT2D eigenvalue weighted by molar-refractivity contribution is -0.154. The fourth-order valence-corrected chi connectivity index (χ4v) is 5.77. The molecular weight excluding hydrogens is 352 g/mol. The van der Waals surface area contributed by atoms with Crippen LogP contribution in [0.1, 0.15) is 32.6 Å². The molecule has 5 unspecified atom stereocenters. The standard InChI is InChI=1S/C12H18Br2O3/c1-6-5-12(13,14)7-3-2-4-8(15)10(7)9(6)11(16)17/h6-10,15H,2-5H2,1H3,(H,16,17). The first-order chi connectivity index (χ1) is 7.84. The van der Waals surface area contributed by atoms with Crippen molar-refractivity contribution in [2.45, 2.75) is 41.9 Å². The molecule has 2 fully saturated rings. The Hall–Kier alpha value is 0.390. The van der Waals surface area contributed by atoms with Crippen molar-refractivity contribution in [3.05, 3.63) is 0 Å². The van der Waals surface area contributed by atoms with E-state index in [1.165, 1.54) is 0 Å². The van der Waals surface area contributed by atoms with Crippen LogP contribution >= 0.6 is 31.9 Å². The predicted molar refractivity (Wildman–Crippen MR) is 72.3 cm³/mol. The van der Waals surface area contributed by atoms with Crippen molar-refractivity contribution in [3.8, 4) is 0 Å². The molecule has 0 aromatic carbocycles. The van der Waals surface area contributed by atoms with Gasteiger partial charge in [-0.25, -0.2) is 0 Å². The maximum atomic E-state index is 11.4. The molecule has 0 saturated heterocycles. The minimum atomic E-state index is -0.760. The molecule has 2 aliphatic carbocycles. The molecule has 17 heavy (non-hydrogen) atoms. The number of halogens is 2. The summed E-state index contributed by atoms with van der Waals surface area (Å²) in [7, 11) is 0. The van der Waals surface area contributed by atoms with Gasteiger partial charge in [0.1, 0.15) is 0 Å². The first kappa shape index (κ1) is 13.8. The van der Waals surface area contributed by atoms with Gasteiger partial charge in [0.25, 0.3) is 0 Å². The quantitative estimate of drug-likeness (QED) is 0.698. The number of carbonyl (C=O) groups is 1. The van der Waals surface area contributed by atoms with Gasteiger partial charge in [-0.1, -0.05) is 45.2 Å². The zero-order valence-electron chi connectivity index (χ0n) is 9.77. The summed E-state index contributed by atoms with van der Waals surface area (Å²) in [5.41, 5.74) is 0. The second kappa shape index (κ2) is 4.82. The Labute approximate surface area is 118 Å². The highest BCUT2D eigenvalue weighted by Gasteiger charge is 2.55. The summed E-state index contributed by atoms with van der Waals surface area (Å²) in [6.45, 7) is 1.97. The Morgan fingerprint density at radius 2 is 2.00 bits per heavy atom. The van der Waals surface area contributed by atoms with Gasteiger partial charge in [-0.15, -0.1) is 0 Å². The molecule has 0 heterocycles. The number of carboxylic acids is 1. The summed E-state index contributed by atoms with van der Waals surface area (Å²) >= 11 is 7.38. The third kappa shape index (κ3) is 2.43. The molecule has 0 aliphatic heterocycles. The molecule has 2 saturated carbocycles. The van der Waals surface area contributed by atoms with Crippen LogP contribution in [0.5, 0.6) is 0 Å². The molecule has 5 heteroatoms. The van der Waals surface area contributed by atoms with Crippen LogP contribution in [0.2, 0.25) is 0 Å². The van der Waals surface area contributed by atoms with Gasteiger partial charge >= 0.3 is 5.97 Å². The van der Waals surface area contributed by atoms with Gasteiger partial charge in [0.05, 0.1) is 15.3 Å². The minimum Gasteiger partial charge on any atom is -0.481 e. The molecule has 98 valence electrons. The van der Waals surface area contributed by atoms with Crippen molar-refractivity contribution in [3.63, 3.8) is 0 Å². The van der Waals surface area contributed by atoms with Crippen LogP contribution in [0, 0.1) is 23.7 Å². The summed E-state index contributed by atoms with van der Waals surface area (Å²) in [5, 5.41) is 19.6. The Morgan fingerprint density at radius 1 is 1.35 bits per heavy atom. The number of hydrogen-bond donors (Lipinski definition) is 2. The van der Waals surface area contributed by atoms with Crippen molar-refractivity contribution in [1.29, 1.82) is 0 Å². The van der Waals surface area contributed by atoms with E-state index in [1.807, 2.05) is 6.92 Å². The lowest BCUT2D eigenvalue weighted by atomic mass is 9.60. The number of carboxylic acid groups (broad SMARTS) is 1. The van der Waals surface area contributed by atoms with E-state index in [-0.39, 0.29) is 21.0 Å². The summed E-state index contributed by atoms with van der Waals surface area (Å²) < 4.78 is -0.211. The van der Waals surface area contributed by atoms with Crippen molar-refractivity contribution in [1.82, 2.24) is 0 Å². The third-order valence-electron chi connectivity index (χ3n) is 4.37. The van der Waals surface area contributed by atoms with Crippen LogP contribution in [0.15, 0.2) is 0 Å². The summed E-state index contributed by atoms with van der Waals surface area (Å²) in [4.78, 5) is 11.4. The normalized spacial score (nSPS) is 45.1. The molecule has 2 rings (SSSR count). The Balaban J connectivity index is 2.34. The summed E-state index contributed by atoms with van der Waals surface area (Å²) in [6, 6.07) is 0. The Kier molecular flexibility index (Phi) is 3.91. The number of aliphatic hydroxyl groups excluding tert-OH is 1. The van der Waals surface area contributed by atoms with Gasteiger partial charge in [0.2, 0.25) is 0 Å². The number of hydrogen-bond acceptors (Lipinski definition) is 2. The van der Waals surface area contributed by atoms with Gasteiger partial charge in [0.15, 0.2) is 0 Å². The second-order valence-corrected chi connectivity index (χ2v) is 9.38. The van der Waals surface area contributed by atoms with E-state index < -0.39 is 18.0 Å². The minimum absolute atomic E-state index is 0.0697. The van der Waals surface area contributed by atoms with Crippen molar-refractivity contribution in [2.75, 3.05) is 0 Å². The monoisotopic (exact) mass is 368 g/mol. The SMILES string of the molecule is CC1CC(Br)(Br)C2CCCC(O)C2C1C(=O)O. The predicted octanol–water partition coefficient (Wildman–Crippen LogP) is 2.99. The van der Waals surface area contributed by atoms with Crippen molar-refractivity contribution >= 4 is 37.8 Å². The van der Waals surface area contributed by atoms with E-state index >= 15 is 0 Å². The van der Waals surface area contributed by atoms with E-state index in [0.717, 1.165) is 25.7 Å². The first-order valence-electron chi connectivity index (χ1n) is 6.13. The van der Waals surface area contributed by atoms with E-state index in [4.69, 9.17) is 0 Å². The lowest BCUT2D eigenvalue weighted by Crippen LogP contribution is -2.53. The summed E-state index contributed by atoms with van der Waals surface area (Å²) in [6.07, 6.45) is 2.99. The van der Waals surface area contributed by atoms with Crippen LogP contribution in [-0.4, -0.2) is 25.5 Å². The van der Waals surface area contributed by atoms with E-state index in [0.29, 0.717) is 0 Å². The zero-order chi connectivity index (χ0) is 12.8. The van der Waals surface area contributed by atoms with Gasteiger partial charge in [-0.3, -0.25) is 4.79 Å². The van der Waals surface area contributed by atoms with E-state index in [2.05, 4.69) is 31.9 Å². The Bertz CT molecular complexity index is 319. The molecule has 0 aromatic heterocycles. The number of aliphatic carboxylic acids is 1. The van der Waals surface area contributed by atoms with E-state index in [1.54, 1.807) is 0 Å². The highest BCUT2D eigenvalue weighted by molar-refractivity contribution is 9.25.